The van der Waals surface area contributed by atoms with Gasteiger partial charge in [-0.05, 0) is 23.1 Å². The third-order valence-electron chi connectivity index (χ3n) is 4.07. The van der Waals surface area contributed by atoms with Crippen LogP contribution in [-0.2, 0) is 20.5 Å². The summed E-state index contributed by atoms with van der Waals surface area (Å²) in [6, 6.07) is 0.980. The van der Waals surface area contributed by atoms with Crippen LogP contribution in [0.1, 0.15) is 31.3 Å². The Labute approximate surface area is 141 Å². The van der Waals surface area contributed by atoms with E-state index in [2.05, 4.69) is 9.84 Å². The maximum atomic E-state index is 12.1. The lowest BCUT2D eigenvalue weighted by Crippen LogP contribution is -2.42. The van der Waals surface area contributed by atoms with Crippen LogP contribution in [0, 0.1) is 10.1 Å². The SMILES string of the molecule is COC(=O)c1cc([N+](=O)[O-])n(CC(=O)CO[Si](C)(C)C(C)(C)C)n1. The average molecular weight is 357 g/mol. The van der Waals surface area contributed by atoms with E-state index in [1.54, 1.807) is 0 Å². The highest BCUT2D eigenvalue weighted by Gasteiger charge is 2.37. The van der Waals surface area contributed by atoms with Crippen molar-refractivity contribution in [1.29, 1.82) is 0 Å². The highest BCUT2D eigenvalue weighted by Crippen LogP contribution is 2.36. The number of esters is 1. The predicted octanol–water partition coefficient (Wildman–Crippen LogP) is 2.17. The average Bonchev–Trinajstić information content (AvgIpc) is 2.87. The summed E-state index contributed by atoms with van der Waals surface area (Å²) in [5.74, 6) is -1.61. The van der Waals surface area contributed by atoms with Gasteiger partial charge in [-0.15, -0.1) is 4.68 Å². The van der Waals surface area contributed by atoms with Crippen LogP contribution in [0.3, 0.4) is 0 Å². The van der Waals surface area contributed by atoms with Crippen molar-refractivity contribution < 1.29 is 23.7 Å². The second-order valence-corrected chi connectivity index (χ2v) is 11.7. The number of hydrogen-bond donors (Lipinski definition) is 0. The summed E-state index contributed by atoms with van der Waals surface area (Å²) in [4.78, 5) is 33.9. The molecule has 9 nitrogen and oxygen atoms in total. The highest BCUT2D eigenvalue weighted by molar-refractivity contribution is 6.74. The Bertz CT molecular complexity index is 647. The zero-order valence-electron chi connectivity index (χ0n) is 14.8. The molecule has 1 heterocycles. The fraction of sp³-hybridized carbons (Fsp3) is 0.643. The van der Waals surface area contributed by atoms with E-state index in [9.17, 15) is 19.7 Å². The molecular weight excluding hydrogens is 334 g/mol. The van der Waals surface area contributed by atoms with E-state index in [1.165, 1.54) is 0 Å². The molecule has 134 valence electrons. The number of nitrogens with zero attached hydrogens (tertiary/aromatic N) is 3. The largest absolute Gasteiger partial charge is 0.464 e. The second-order valence-electron chi connectivity index (χ2n) is 6.88. The van der Waals surface area contributed by atoms with E-state index >= 15 is 0 Å². The van der Waals surface area contributed by atoms with Crippen molar-refractivity contribution in [2.45, 2.75) is 45.4 Å². The maximum Gasteiger partial charge on any atom is 0.360 e. The van der Waals surface area contributed by atoms with Gasteiger partial charge >= 0.3 is 11.8 Å². The number of ether oxygens (including phenoxy) is 1. The first kappa shape index (κ1) is 20.0. The van der Waals surface area contributed by atoms with Crippen molar-refractivity contribution in [1.82, 2.24) is 9.78 Å². The lowest BCUT2D eigenvalue weighted by Gasteiger charge is -2.35. The third-order valence-corrected chi connectivity index (χ3v) is 8.55. The zero-order valence-corrected chi connectivity index (χ0v) is 15.8. The number of aromatic nitrogens is 2. The molecule has 0 aliphatic carbocycles. The first-order chi connectivity index (χ1) is 10.9. The summed E-state index contributed by atoms with van der Waals surface area (Å²) in [7, 11) is -0.953. The number of hydrogen-bond acceptors (Lipinski definition) is 7. The first-order valence-corrected chi connectivity index (χ1v) is 10.3. The number of rotatable bonds is 7. The molecule has 0 aliphatic rings. The minimum absolute atomic E-state index is 0.0525. The summed E-state index contributed by atoms with van der Waals surface area (Å²) in [6.07, 6.45) is 0. The predicted molar refractivity (Wildman–Crippen MR) is 88.4 cm³/mol. The Kier molecular flexibility index (Phi) is 6.01. The van der Waals surface area contributed by atoms with E-state index in [4.69, 9.17) is 4.43 Å². The highest BCUT2D eigenvalue weighted by atomic mass is 28.4. The van der Waals surface area contributed by atoms with Gasteiger partial charge in [0.1, 0.15) is 0 Å². The Hall–Kier alpha value is -2.07. The van der Waals surface area contributed by atoms with Crippen molar-refractivity contribution in [3.05, 3.63) is 21.9 Å². The van der Waals surface area contributed by atoms with Crippen molar-refractivity contribution >= 4 is 25.9 Å². The van der Waals surface area contributed by atoms with Gasteiger partial charge in [-0.25, -0.2) is 4.79 Å². The smallest absolute Gasteiger partial charge is 0.360 e. The van der Waals surface area contributed by atoms with Crippen LogP contribution >= 0.6 is 0 Å². The second kappa shape index (κ2) is 7.22. The van der Waals surface area contributed by atoms with Crippen LogP contribution in [0.15, 0.2) is 6.07 Å². The van der Waals surface area contributed by atoms with Gasteiger partial charge in [0.05, 0.1) is 19.8 Å². The van der Waals surface area contributed by atoms with E-state index in [-0.39, 0.29) is 29.7 Å². The number of Topliss-reactive ketones (excluding diaryl/α,β-unsaturated/α-hetero) is 1. The van der Waals surface area contributed by atoms with Gasteiger partial charge in [-0.2, -0.15) is 0 Å². The number of methoxy groups -OCH3 is 1. The van der Waals surface area contributed by atoms with Crippen LogP contribution in [0.2, 0.25) is 18.1 Å². The minimum Gasteiger partial charge on any atom is -0.464 e. The molecule has 1 aromatic heterocycles. The molecule has 0 aromatic carbocycles. The third kappa shape index (κ3) is 4.71. The molecule has 1 rings (SSSR count). The molecule has 24 heavy (non-hydrogen) atoms. The summed E-state index contributed by atoms with van der Waals surface area (Å²) in [5.41, 5.74) is -0.220. The van der Waals surface area contributed by atoms with E-state index in [0.717, 1.165) is 17.9 Å². The molecule has 0 atom stereocenters. The fourth-order valence-corrected chi connectivity index (χ4v) is 2.52. The molecule has 0 spiro atoms. The molecule has 0 N–H and O–H groups in total. The minimum atomic E-state index is -2.10. The lowest BCUT2D eigenvalue weighted by molar-refractivity contribution is -0.392. The van der Waals surface area contributed by atoms with Crippen molar-refractivity contribution in [2.24, 2.45) is 0 Å². The Balaban J connectivity index is 2.85. The summed E-state index contributed by atoms with van der Waals surface area (Å²) < 4.78 is 11.1. The molecule has 0 fully saturated rings. The van der Waals surface area contributed by atoms with Crippen molar-refractivity contribution in [3.63, 3.8) is 0 Å². The van der Waals surface area contributed by atoms with Gasteiger partial charge in [0, 0.05) is 0 Å². The van der Waals surface area contributed by atoms with Crippen LogP contribution in [0.25, 0.3) is 0 Å². The molecule has 0 saturated carbocycles. The molecule has 0 bridgehead atoms. The zero-order chi connectivity index (χ0) is 18.7. The number of ketones is 1. The summed E-state index contributed by atoms with van der Waals surface area (Å²) >= 11 is 0. The number of nitro groups is 1. The van der Waals surface area contributed by atoms with Gasteiger partial charge in [0.2, 0.25) is 5.78 Å². The van der Waals surface area contributed by atoms with Crippen LogP contribution < -0.4 is 0 Å². The quantitative estimate of drug-likeness (QED) is 0.318. The first-order valence-electron chi connectivity index (χ1n) is 7.35. The van der Waals surface area contributed by atoms with Gasteiger partial charge in [-0.3, -0.25) is 4.79 Å². The Morgan fingerprint density at radius 1 is 1.38 bits per heavy atom. The van der Waals surface area contributed by atoms with Crippen molar-refractivity contribution in [3.8, 4) is 0 Å². The molecule has 10 heteroatoms. The Morgan fingerprint density at radius 2 is 1.96 bits per heavy atom. The van der Waals surface area contributed by atoms with Gasteiger partial charge in [-0.1, -0.05) is 25.9 Å². The topological polar surface area (TPSA) is 114 Å². The molecule has 0 amide bonds. The molecule has 0 aliphatic heterocycles. The number of carbonyl (C=O) groups is 2. The monoisotopic (exact) mass is 357 g/mol. The molecular formula is C14H23N3O6Si. The van der Waals surface area contributed by atoms with Gasteiger partial charge < -0.3 is 19.3 Å². The lowest BCUT2D eigenvalue weighted by atomic mass is 10.2. The standard InChI is InChI=1S/C14H23N3O6Si/c1-14(2,3)24(5,6)23-9-10(18)8-16-12(17(20)21)7-11(15-16)13(19)22-4/h7H,8-9H2,1-6H3. The number of carbonyl (C=O) groups excluding carboxylic acids is 2. The molecule has 1 aromatic rings. The molecule has 0 saturated heterocycles. The van der Waals surface area contributed by atoms with Gasteiger partial charge in [0.25, 0.3) is 0 Å². The fourth-order valence-electron chi connectivity index (χ4n) is 1.56. The molecule has 0 radical (unpaired) electrons. The normalized spacial score (nSPS) is 12.1. The van der Waals surface area contributed by atoms with Gasteiger partial charge in [0.15, 0.2) is 20.6 Å². The summed E-state index contributed by atoms with van der Waals surface area (Å²) in [6.45, 7) is 9.65. The van der Waals surface area contributed by atoms with Crippen LogP contribution in [0.5, 0.6) is 0 Å². The van der Waals surface area contributed by atoms with Crippen LogP contribution in [0.4, 0.5) is 5.82 Å². The molecule has 0 unspecified atom stereocenters. The van der Waals surface area contributed by atoms with Crippen molar-refractivity contribution in [2.75, 3.05) is 13.7 Å². The van der Waals surface area contributed by atoms with E-state index in [0.29, 0.717) is 0 Å². The maximum absolute atomic E-state index is 12.1. The summed E-state index contributed by atoms with van der Waals surface area (Å²) in [5, 5.41) is 14.8. The van der Waals surface area contributed by atoms with E-state index < -0.39 is 25.0 Å². The van der Waals surface area contributed by atoms with E-state index in [1.807, 2.05) is 33.9 Å². The Morgan fingerprint density at radius 3 is 2.42 bits per heavy atom. The van der Waals surface area contributed by atoms with Crippen LogP contribution in [-0.4, -0.2) is 48.5 Å².